The minimum absolute atomic E-state index is 0.0655. The number of hydrogen-bond donors (Lipinski definition) is 0. The molecule has 0 amide bonds. The van der Waals surface area contributed by atoms with Gasteiger partial charge >= 0.3 is 6.61 Å². The van der Waals surface area contributed by atoms with Crippen molar-refractivity contribution in [2.75, 3.05) is 0 Å². The van der Waals surface area contributed by atoms with Crippen molar-refractivity contribution in [3.05, 3.63) is 65.2 Å². The molecule has 0 aliphatic heterocycles. The van der Waals surface area contributed by atoms with E-state index in [4.69, 9.17) is 4.84 Å². The first-order chi connectivity index (χ1) is 10.2. The third kappa shape index (κ3) is 4.56. The van der Waals surface area contributed by atoms with Crippen LogP contribution >= 0.6 is 0 Å². The van der Waals surface area contributed by atoms with Crippen molar-refractivity contribution >= 4 is 6.21 Å². The maximum atomic E-state index is 12.3. The van der Waals surface area contributed by atoms with Crippen LogP contribution in [0.25, 0.3) is 0 Å². The first-order valence-electron chi connectivity index (χ1n) is 6.40. The van der Waals surface area contributed by atoms with Crippen molar-refractivity contribution < 1.29 is 18.4 Å². The summed E-state index contributed by atoms with van der Waals surface area (Å²) in [6, 6.07) is 14.2. The van der Waals surface area contributed by atoms with Crippen molar-refractivity contribution in [2.24, 2.45) is 5.16 Å². The lowest BCUT2D eigenvalue weighted by Crippen LogP contribution is -2.04. The molecule has 0 bridgehead atoms. The van der Waals surface area contributed by atoms with Gasteiger partial charge in [0.2, 0.25) is 0 Å². The van der Waals surface area contributed by atoms with E-state index in [1.54, 1.807) is 18.2 Å². The molecule has 2 aromatic rings. The molecule has 0 saturated carbocycles. The lowest BCUT2D eigenvalue weighted by atomic mass is 10.1. The van der Waals surface area contributed by atoms with E-state index in [9.17, 15) is 8.78 Å². The Hall–Kier alpha value is -2.43. The number of nitrogens with zero attached hydrogens (tertiary/aromatic N) is 1. The van der Waals surface area contributed by atoms with E-state index < -0.39 is 6.61 Å². The van der Waals surface area contributed by atoms with Crippen LogP contribution in [0.4, 0.5) is 8.78 Å². The second-order valence-electron chi connectivity index (χ2n) is 4.35. The summed E-state index contributed by atoms with van der Waals surface area (Å²) in [6.07, 6.45) is 1.36. The van der Waals surface area contributed by atoms with Gasteiger partial charge in [-0.25, -0.2) is 0 Å². The van der Waals surface area contributed by atoms with E-state index in [0.717, 1.165) is 11.1 Å². The SMILES string of the molecule is Cc1ccccc1CO/N=C/c1ccccc1OC(F)F. The number of rotatable bonds is 6. The van der Waals surface area contributed by atoms with Gasteiger partial charge in [0.1, 0.15) is 12.4 Å². The summed E-state index contributed by atoms with van der Waals surface area (Å²) in [5.41, 5.74) is 2.56. The Labute approximate surface area is 121 Å². The molecule has 0 unspecified atom stereocenters. The molecular formula is C16H15F2NO2. The summed E-state index contributed by atoms with van der Waals surface area (Å²) in [4.78, 5) is 5.19. The van der Waals surface area contributed by atoms with Crippen molar-refractivity contribution in [3.63, 3.8) is 0 Å². The summed E-state index contributed by atoms with van der Waals surface area (Å²) in [7, 11) is 0. The highest BCUT2D eigenvalue weighted by atomic mass is 19.3. The summed E-state index contributed by atoms with van der Waals surface area (Å²) in [5.74, 6) is 0.0655. The van der Waals surface area contributed by atoms with Crippen LogP contribution in [-0.2, 0) is 11.4 Å². The molecule has 0 radical (unpaired) electrons. The Kier molecular flexibility index (Phi) is 5.26. The van der Waals surface area contributed by atoms with Gasteiger partial charge in [-0.3, -0.25) is 0 Å². The number of benzene rings is 2. The van der Waals surface area contributed by atoms with Crippen molar-refractivity contribution in [1.29, 1.82) is 0 Å². The molecule has 0 heterocycles. The zero-order valence-electron chi connectivity index (χ0n) is 11.5. The first kappa shape index (κ1) is 15.0. The molecule has 21 heavy (non-hydrogen) atoms. The largest absolute Gasteiger partial charge is 0.434 e. The average Bonchev–Trinajstić information content (AvgIpc) is 2.46. The third-order valence-electron chi connectivity index (χ3n) is 2.88. The Morgan fingerprint density at radius 3 is 2.57 bits per heavy atom. The fourth-order valence-electron chi connectivity index (χ4n) is 1.76. The molecule has 0 aliphatic carbocycles. The van der Waals surface area contributed by atoms with Gasteiger partial charge in [0.05, 0.1) is 6.21 Å². The fraction of sp³-hybridized carbons (Fsp3) is 0.188. The van der Waals surface area contributed by atoms with Crippen LogP contribution in [0.2, 0.25) is 0 Å². The van der Waals surface area contributed by atoms with Crippen LogP contribution in [0.3, 0.4) is 0 Å². The molecule has 0 saturated heterocycles. The minimum atomic E-state index is -2.87. The number of hydrogen-bond acceptors (Lipinski definition) is 3. The Morgan fingerprint density at radius 1 is 1.10 bits per heavy atom. The number of halogens is 2. The Balaban J connectivity index is 1.97. The lowest BCUT2D eigenvalue weighted by molar-refractivity contribution is -0.0499. The molecule has 2 aromatic carbocycles. The van der Waals surface area contributed by atoms with Crippen LogP contribution in [0, 0.1) is 6.92 Å². The zero-order chi connectivity index (χ0) is 15.1. The minimum Gasteiger partial charge on any atom is -0.434 e. The van der Waals surface area contributed by atoms with E-state index in [0.29, 0.717) is 12.2 Å². The van der Waals surface area contributed by atoms with Crippen molar-refractivity contribution in [3.8, 4) is 5.75 Å². The molecule has 0 fully saturated rings. The molecule has 0 spiro atoms. The van der Waals surface area contributed by atoms with Gasteiger partial charge in [0, 0.05) is 5.56 Å². The highest BCUT2D eigenvalue weighted by Crippen LogP contribution is 2.18. The van der Waals surface area contributed by atoms with Gasteiger partial charge in [-0.15, -0.1) is 0 Å². The summed E-state index contributed by atoms with van der Waals surface area (Å²) >= 11 is 0. The molecular weight excluding hydrogens is 276 g/mol. The summed E-state index contributed by atoms with van der Waals surface area (Å²) in [5, 5.41) is 3.80. The Bertz CT molecular complexity index is 615. The topological polar surface area (TPSA) is 30.8 Å². The molecule has 3 nitrogen and oxygen atoms in total. The normalized spacial score (nSPS) is 11.0. The number of para-hydroxylation sites is 1. The zero-order valence-corrected chi connectivity index (χ0v) is 11.5. The van der Waals surface area contributed by atoms with Gasteiger partial charge in [-0.05, 0) is 30.2 Å². The van der Waals surface area contributed by atoms with Crippen molar-refractivity contribution in [2.45, 2.75) is 20.1 Å². The first-order valence-corrected chi connectivity index (χ1v) is 6.40. The second-order valence-corrected chi connectivity index (χ2v) is 4.35. The summed E-state index contributed by atoms with van der Waals surface area (Å²) in [6.45, 7) is -0.567. The molecule has 0 N–H and O–H groups in total. The van der Waals surface area contributed by atoms with Gasteiger partial charge in [-0.1, -0.05) is 41.6 Å². The Morgan fingerprint density at radius 2 is 1.81 bits per heavy atom. The van der Waals surface area contributed by atoms with E-state index in [1.807, 2.05) is 31.2 Å². The number of aryl methyl sites for hydroxylation is 1. The maximum absolute atomic E-state index is 12.3. The highest BCUT2D eigenvalue weighted by molar-refractivity contribution is 5.83. The maximum Gasteiger partial charge on any atom is 0.387 e. The number of alkyl halides is 2. The predicted octanol–water partition coefficient (Wildman–Crippen LogP) is 4.15. The van der Waals surface area contributed by atoms with E-state index in [1.165, 1.54) is 12.3 Å². The molecule has 2 rings (SSSR count). The average molecular weight is 291 g/mol. The smallest absolute Gasteiger partial charge is 0.387 e. The predicted molar refractivity (Wildman–Crippen MR) is 76.6 cm³/mol. The van der Waals surface area contributed by atoms with Crippen LogP contribution < -0.4 is 4.74 Å². The van der Waals surface area contributed by atoms with Crippen LogP contribution in [0.15, 0.2) is 53.7 Å². The summed E-state index contributed by atoms with van der Waals surface area (Å²) < 4.78 is 28.9. The number of oxime groups is 1. The molecule has 0 aliphatic rings. The fourth-order valence-corrected chi connectivity index (χ4v) is 1.76. The molecule has 5 heteroatoms. The lowest BCUT2D eigenvalue weighted by Gasteiger charge is -2.07. The molecule has 0 atom stereocenters. The van der Waals surface area contributed by atoms with Gasteiger partial charge in [0.25, 0.3) is 0 Å². The van der Waals surface area contributed by atoms with Gasteiger partial charge in [-0.2, -0.15) is 8.78 Å². The number of ether oxygens (including phenoxy) is 1. The highest BCUT2D eigenvalue weighted by Gasteiger charge is 2.07. The monoisotopic (exact) mass is 291 g/mol. The van der Waals surface area contributed by atoms with Crippen LogP contribution in [0.5, 0.6) is 5.75 Å². The quantitative estimate of drug-likeness (QED) is 0.591. The molecule has 0 aromatic heterocycles. The van der Waals surface area contributed by atoms with E-state index in [2.05, 4.69) is 9.89 Å². The van der Waals surface area contributed by atoms with Crippen LogP contribution in [0.1, 0.15) is 16.7 Å². The van der Waals surface area contributed by atoms with E-state index >= 15 is 0 Å². The third-order valence-corrected chi connectivity index (χ3v) is 2.88. The van der Waals surface area contributed by atoms with E-state index in [-0.39, 0.29) is 5.75 Å². The van der Waals surface area contributed by atoms with Crippen molar-refractivity contribution in [1.82, 2.24) is 0 Å². The van der Waals surface area contributed by atoms with Gasteiger partial charge < -0.3 is 9.57 Å². The standard InChI is InChI=1S/C16H15F2NO2/c1-12-6-2-3-8-14(12)11-20-19-10-13-7-4-5-9-15(13)21-16(17)18/h2-10,16H,11H2,1H3/b19-10+. The van der Waals surface area contributed by atoms with Crippen LogP contribution in [-0.4, -0.2) is 12.8 Å². The molecule has 110 valence electrons. The van der Waals surface area contributed by atoms with Gasteiger partial charge in [0.15, 0.2) is 0 Å². The second kappa shape index (κ2) is 7.38.